The van der Waals surface area contributed by atoms with Crippen LogP contribution in [0.15, 0.2) is 6.07 Å². The minimum atomic E-state index is 1.31. The highest BCUT2D eigenvalue weighted by Crippen LogP contribution is 2.29. The molecule has 1 unspecified atom stereocenters. The Morgan fingerprint density at radius 2 is 2.10 bits per heavy atom. The summed E-state index contributed by atoms with van der Waals surface area (Å²) in [5.41, 5.74) is 1.31. The van der Waals surface area contributed by atoms with Crippen LogP contribution in [0, 0.1) is 13.8 Å². The van der Waals surface area contributed by atoms with Crippen molar-refractivity contribution >= 4 is 26.4 Å². The summed E-state index contributed by atoms with van der Waals surface area (Å²) in [4.78, 5) is 2.76. The van der Waals surface area contributed by atoms with Crippen molar-refractivity contribution in [3.63, 3.8) is 0 Å². The van der Waals surface area contributed by atoms with Gasteiger partial charge in [-0.1, -0.05) is 0 Å². The van der Waals surface area contributed by atoms with Crippen molar-refractivity contribution < 1.29 is 0 Å². The van der Waals surface area contributed by atoms with Crippen molar-refractivity contribution in [1.82, 2.24) is 0 Å². The second-order valence-corrected chi connectivity index (χ2v) is 4.64. The number of rotatable bonds is 1. The van der Waals surface area contributed by atoms with Gasteiger partial charge in [0.2, 0.25) is 0 Å². The van der Waals surface area contributed by atoms with Gasteiger partial charge in [0.1, 0.15) is 0 Å². The van der Waals surface area contributed by atoms with Crippen molar-refractivity contribution in [1.29, 1.82) is 0 Å². The van der Waals surface area contributed by atoms with Crippen LogP contribution in [0.2, 0.25) is 0 Å². The summed E-state index contributed by atoms with van der Waals surface area (Å²) in [6.07, 6.45) is 0. The molecule has 3 heteroatoms. The lowest BCUT2D eigenvalue weighted by atomic mass is 10.4. The third-order valence-corrected chi connectivity index (χ3v) is 2.63. The van der Waals surface area contributed by atoms with Gasteiger partial charge in [0.05, 0.1) is 5.69 Å². The highest BCUT2D eigenvalue weighted by molar-refractivity contribution is 7.19. The quantitative estimate of drug-likeness (QED) is 0.590. The van der Waals surface area contributed by atoms with Gasteiger partial charge < -0.3 is 4.67 Å². The molecule has 0 bridgehead atoms. The van der Waals surface area contributed by atoms with Crippen molar-refractivity contribution in [3.05, 3.63) is 15.8 Å². The molecule has 1 rings (SSSR count). The number of anilines is 1. The minimum absolute atomic E-state index is 1.31. The zero-order chi connectivity index (χ0) is 7.72. The Morgan fingerprint density at radius 3 is 2.30 bits per heavy atom. The highest BCUT2D eigenvalue weighted by atomic mass is 32.1. The van der Waals surface area contributed by atoms with Gasteiger partial charge in [0.25, 0.3) is 0 Å². The van der Waals surface area contributed by atoms with Crippen LogP contribution in [-0.2, 0) is 0 Å². The molecule has 0 aromatic carbocycles. The van der Waals surface area contributed by atoms with E-state index in [1.54, 1.807) is 0 Å². The molecule has 0 aliphatic carbocycles. The smallest absolute Gasteiger partial charge is 0.0533 e. The normalized spacial score (nSPS) is 10.0. The summed E-state index contributed by atoms with van der Waals surface area (Å²) >= 11 is 1.84. The third kappa shape index (κ3) is 1.50. The Labute approximate surface area is 68.3 Å². The lowest BCUT2D eigenvalue weighted by Crippen LogP contribution is -1.98. The second-order valence-electron chi connectivity index (χ2n) is 2.41. The first kappa shape index (κ1) is 8.03. The zero-order valence-corrected chi connectivity index (χ0v) is 8.48. The van der Waals surface area contributed by atoms with Gasteiger partial charge >= 0.3 is 0 Å². The van der Waals surface area contributed by atoms with Gasteiger partial charge in [0.15, 0.2) is 0 Å². The largest absolute Gasteiger partial charge is 0.358 e. The molecule has 1 nitrogen and oxygen atoms in total. The van der Waals surface area contributed by atoms with Gasteiger partial charge in [0, 0.05) is 16.8 Å². The molecule has 0 N–H and O–H groups in total. The van der Waals surface area contributed by atoms with Crippen molar-refractivity contribution in [2.75, 3.05) is 11.7 Å². The summed E-state index contributed by atoms with van der Waals surface area (Å²) in [5.74, 6) is 0. The Kier molecular flexibility index (Phi) is 2.32. The second kappa shape index (κ2) is 2.89. The van der Waals surface area contributed by atoms with E-state index in [4.69, 9.17) is 0 Å². The lowest BCUT2D eigenvalue weighted by molar-refractivity contribution is 1.35. The Hall–Kier alpha value is -0.0700. The third-order valence-electron chi connectivity index (χ3n) is 1.39. The maximum absolute atomic E-state index is 2.66. The predicted molar refractivity (Wildman–Crippen MR) is 51.9 cm³/mol. The van der Waals surface area contributed by atoms with Gasteiger partial charge in [-0.2, -0.15) is 0 Å². The molecular weight excluding hydrogens is 161 g/mol. The van der Waals surface area contributed by atoms with Crippen LogP contribution in [0.4, 0.5) is 5.69 Å². The SMILES string of the molecule is Cc1cc(N(C)P)c(C)s1. The van der Waals surface area contributed by atoms with E-state index in [2.05, 4.69) is 34.0 Å². The molecule has 1 heterocycles. The Morgan fingerprint density at radius 1 is 1.50 bits per heavy atom. The maximum Gasteiger partial charge on any atom is 0.0533 e. The van der Waals surface area contributed by atoms with Gasteiger partial charge in [-0.05, 0) is 29.3 Å². The molecule has 0 saturated heterocycles. The number of aryl methyl sites for hydroxylation is 2. The Balaban J connectivity index is 3.03. The molecule has 0 amide bonds. The van der Waals surface area contributed by atoms with E-state index in [1.807, 2.05) is 18.4 Å². The van der Waals surface area contributed by atoms with E-state index in [0.29, 0.717) is 0 Å². The molecule has 0 radical (unpaired) electrons. The number of nitrogens with zero attached hydrogens (tertiary/aromatic N) is 1. The van der Waals surface area contributed by atoms with Crippen molar-refractivity contribution in [2.24, 2.45) is 0 Å². The summed E-state index contributed by atoms with van der Waals surface area (Å²) in [6, 6.07) is 2.20. The number of thiophene rings is 1. The van der Waals surface area contributed by atoms with Crippen LogP contribution >= 0.6 is 20.7 Å². The van der Waals surface area contributed by atoms with Crippen LogP contribution in [-0.4, -0.2) is 7.05 Å². The van der Waals surface area contributed by atoms with Crippen molar-refractivity contribution in [3.8, 4) is 0 Å². The van der Waals surface area contributed by atoms with Crippen LogP contribution < -0.4 is 4.67 Å². The van der Waals surface area contributed by atoms with E-state index in [0.717, 1.165) is 0 Å². The zero-order valence-electron chi connectivity index (χ0n) is 6.51. The highest BCUT2D eigenvalue weighted by Gasteiger charge is 2.02. The summed E-state index contributed by atoms with van der Waals surface area (Å²) < 4.78 is 2.07. The monoisotopic (exact) mass is 173 g/mol. The van der Waals surface area contributed by atoms with Crippen LogP contribution in [0.3, 0.4) is 0 Å². The maximum atomic E-state index is 2.66. The standard InChI is InChI=1S/C7H12NPS/c1-5-4-7(8(3)9)6(2)10-5/h4H,9H2,1-3H3. The van der Waals surface area contributed by atoms with Crippen LogP contribution in [0.25, 0.3) is 0 Å². The van der Waals surface area contributed by atoms with E-state index in [-0.39, 0.29) is 0 Å². The van der Waals surface area contributed by atoms with E-state index < -0.39 is 0 Å². The average Bonchev–Trinajstić information content (AvgIpc) is 2.10. The predicted octanol–water partition coefficient (Wildman–Crippen LogP) is 2.59. The molecule has 0 fully saturated rings. The molecule has 0 aliphatic rings. The number of hydrogen-bond donors (Lipinski definition) is 0. The number of hydrogen-bond acceptors (Lipinski definition) is 2. The lowest BCUT2D eigenvalue weighted by Gasteiger charge is -2.09. The molecule has 10 heavy (non-hydrogen) atoms. The van der Waals surface area contributed by atoms with E-state index in [9.17, 15) is 0 Å². The molecular formula is C7H12NPS. The van der Waals surface area contributed by atoms with Gasteiger partial charge in [-0.15, -0.1) is 11.3 Å². The van der Waals surface area contributed by atoms with Gasteiger partial charge in [-0.3, -0.25) is 0 Å². The molecule has 1 atom stereocenters. The minimum Gasteiger partial charge on any atom is -0.358 e. The first-order valence-electron chi connectivity index (χ1n) is 3.16. The van der Waals surface area contributed by atoms with Gasteiger partial charge in [-0.25, -0.2) is 0 Å². The Bertz CT molecular complexity index is 230. The fourth-order valence-corrected chi connectivity index (χ4v) is 2.29. The average molecular weight is 173 g/mol. The van der Waals surface area contributed by atoms with Crippen LogP contribution in [0.1, 0.15) is 9.75 Å². The van der Waals surface area contributed by atoms with Crippen molar-refractivity contribution in [2.45, 2.75) is 13.8 Å². The first-order valence-corrected chi connectivity index (χ1v) is 4.50. The first-order chi connectivity index (χ1) is 4.61. The fourth-order valence-electron chi connectivity index (χ4n) is 0.968. The molecule has 56 valence electrons. The summed E-state index contributed by atoms with van der Waals surface area (Å²) in [5, 5.41) is 0. The molecule has 1 aromatic rings. The van der Waals surface area contributed by atoms with E-state index >= 15 is 0 Å². The van der Waals surface area contributed by atoms with Crippen LogP contribution in [0.5, 0.6) is 0 Å². The molecule has 0 spiro atoms. The molecule has 0 aliphatic heterocycles. The summed E-state index contributed by atoms with van der Waals surface area (Å²) in [7, 11) is 4.70. The topological polar surface area (TPSA) is 3.24 Å². The molecule has 0 saturated carbocycles. The fraction of sp³-hybridized carbons (Fsp3) is 0.429. The molecule has 1 aromatic heterocycles. The van der Waals surface area contributed by atoms with E-state index in [1.165, 1.54) is 15.4 Å². The summed E-state index contributed by atoms with van der Waals surface area (Å²) in [6.45, 7) is 4.28.